The number of aryl methyl sites for hydroxylation is 1. The van der Waals surface area contributed by atoms with Crippen LogP contribution in [0.15, 0.2) is 41.0 Å². The number of halogens is 1. The Bertz CT molecular complexity index is 609. The first kappa shape index (κ1) is 14.5. The van der Waals surface area contributed by atoms with Gasteiger partial charge in [-0.25, -0.2) is 4.98 Å². The number of nitrogens with zero attached hydrogens (tertiary/aromatic N) is 1. The molecular formula is C16H18BrN3O. The molecule has 21 heavy (non-hydrogen) atoms. The van der Waals surface area contributed by atoms with Crippen molar-refractivity contribution in [2.45, 2.75) is 13.0 Å². The minimum atomic E-state index is 0.153. The maximum absolute atomic E-state index is 5.75. The summed E-state index contributed by atoms with van der Waals surface area (Å²) in [6, 6.07) is 10.4. The Morgan fingerprint density at radius 2 is 2.14 bits per heavy atom. The van der Waals surface area contributed by atoms with Gasteiger partial charge in [0, 0.05) is 29.4 Å². The van der Waals surface area contributed by atoms with Crippen LogP contribution in [-0.4, -0.2) is 24.7 Å². The molecule has 0 bridgehead atoms. The summed E-state index contributed by atoms with van der Waals surface area (Å²) in [4.78, 5) is 4.39. The smallest absolute Gasteiger partial charge is 0.133 e. The van der Waals surface area contributed by atoms with Gasteiger partial charge in [-0.2, -0.15) is 0 Å². The number of pyridine rings is 1. The number of benzene rings is 1. The minimum absolute atomic E-state index is 0.153. The van der Waals surface area contributed by atoms with Crippen molar-refractivity contribution < 1.29 is 4.74 Å². The zero-order valence-electron chi connectivity index (χ0n) is 11.9. The molecule has 1 aromatic carbocycles. The second kappa shape index (κ2) is 6.56. The summed E-state index contributed by atoms with van der Waals surface area (Å²) in [5.41, 5.74) is 3.34. The predicted octanol–water partition coefficient (Wildman–Crippen LogP) is 3.56. The average Bonchev–Trinajstić information content (AvgIpc) is 2.52. The molecule has 1 aromatic heterocycles. The monoisotopic (exact) mass is 347 g/mol. The summed E-state index contributed by atoms with van der Waals surface area (Å²) in [6.07, 6.45) is 1.95. The van der Waals surface area contributed by atoms with Gasteiger partial charge in [-0.15, -0.1) is 0 Å². The van der Waals surface area contributed by atoms with E-state index < -0.39 is 0 Å². The summed E-state index contributed by atoms with van der Waals surface area (Å²) in [5, 5.41) is 6.69. The van der Waals surface area contributed by atoms with Crippen molar-refractivity contribution in [2.75, 3.05) is 25.0 Å². The highest BCUT2D eigenvalue weighted by Crippen LogP contribution is 2.24. The van der Waals surface area contributed by atoms with Gasteiger partial charge in [-0.3, -0.25) is 0 Å². The summed E-state index contributed by atoms with van der Waals surface area (Å²) < 4.78 is 6.74. The molecule has 0 radical (unpaired) electrons. The molecule has 1 saturated heterocycles. The maximum atomic E-state index is 5.75. The van der Waals surface area contributed by atoms with Crippen LogP contribution < -0.4 is 10.6 Å². The number of morpholine rings is 1. The second-order valence-electron chi connectivity index (χ2n) is 5.13. The largest absolute Gasteiger partial charge is 0.371 e. The Kier molecular flexibility index (Phi) is 4.53. The lowest BCUT2D eigenvalue weighted by molar-refractivity contribution is 0.0277. The van der Waals surface area contributed by atoms with Gasteiger partial charge in [0.05, 0.1) is 12.7 Å². The Hall–Kier alpha value is -1.43. The fourth-order valence-electron chi connectivity index (χ4n) is 2.37. The molecule has 1 aliphatic rings. The summed E-state index contributed by atoms with van der Waals surface area (Å²) in [5.74, 6) is 0.876. The zero-order valence-corrected chi connectivity index (χ0v) is 13.5. The number of anilines is 2. The third kappa shape index (κ3) is 3.61. The van der Waals surface area contributed by atoms with E-state index in [1.54, 1.807) is 6.20 Å². The van der Waals surface area contributed by atoms with Crippen LogP contribution in [0.25, 0.3) is 0 Å². The second-order valence-corrected chi connectivity index (χ2v) is 6.05. The fraction of sp³-hybridized carbons (Fsp3) is 0.312. The predicted molar refractivity (Wildman–Crippen MR) is 88.0 cm³/mol. The highest BCUT2D eigenvalue weighted by atomic mass is 79.9. The lowest BCUT2D eigenvalue weighted by Gasteiger charge is -2.24. The molecule has 1 aliphatic heterocycles. The van der Waals surface area contributed by atoms with Crippen LogP contribution in [-0.2, 0) is 4.74 Å². The summed E-state index contributed by atoms with van der Waals surface area (Å²) in [6.45, 7) is 4.62. The van der Waals surface area contributed by atoms with E-state index in [1.807, 2.05) is 13.0 Å². The molecule has 0 amide bonds. The lowest BCUT2D eigenvalue weighted by Crippen LogP contribution is -2.33. The molecule has 0 aliphatic carbocycles. The number of hydrogen-bond donors (Lipinski definition) is 2. The topological polar surface area (TPSA) is 46.2 Å². The molecular weight excluding hydrogens is 330 g/mol. The quantitative estimate of drug-likeness (QED) is 0.891. The van der Waals surface area contributed by atoms with Crippen LogP contribution in [0.1, 0.15) is 17.2 Å². The molecule has 0 spiro atoms. The molecule has 3 rings (SSSR count). The molecule has 2 N–H and O–H groups in total. The van der Waals surface area contributed by atoms with E-state index in [-0.39, 0.29) is 6.10 Å². The van der Waals surface area contributed by atoms with Crippen molar-refractivity contribution in [3.05, 3.63) is 52.1 Å². The lowest BCUT2D eigenvalue weighted by atomic mass is 10.1. The highest BCUT2D eigenvalue weighted by molar-refractivity contribution is 9.10. The first-order valence-corrected chi connectivity index (χ1v) is 7.83. The van der Waals surface area contributed by atoms with E-state index in [2.05, 4.69) is 55.8 Å². The van der Waals surface area contributed by atoms with Gasteiger partial charge in [-0.05, 0) is 52.2 Å². The molecule has 1 atom stereocenters. The van der Waals surface area contributed by atoms with E-state index in [9.17, 15) is 0 Å². The Morgan fingerprint density at radius 3 is 2.81 bits per heavy atom. The van der Waals surface area contributed by atoms with E-state index in [0.29, 0.717) is 0 Å². The van der Waals surface area contributed by atoms with Crippen LogP contribution in [0.5, 0.6) is 0 Å². The fourth-order valence-corrected chi connectivity index (χ4v) is 2.81. The van der Waals surface area contributed by atoms with Gasteiger partial charge in [-0.1, -0.05) is 12.1 Å². The molecule has 0 unspecified atom stereocenters. The Labute approximate surface area is 133 Å². The van der Waals surface area contributed by atoms with Crippen molar-refractivity contribution in [3.8, 4) is 0 Å². The Morgan fingerprint density at radius 1 is 1.33 bits per heavy atom. The number of rotatable bonds is 3. The van der Waals surface area contributed by atoms with Crippen LogP contribution >= 0.6 is 15.9 Å². The molecule has 2 aromatic rings. The van der Waals surface area contributed by atoms with Crippen molar-refractivity contribution in [2.24, 2.45) is 0 Å². The van der Waals surface area contributed by atoms with Crippen LogP contribution in [0, 0.1) is 6.92 Å². The molecule has 5 heteroatoms. The van der Waals surface area contributed by atoms with E-state index >= 15 is 0 Å². The van der Waals surface area contributed by atoms with Crippen LogP contribution in [0.4, 0.5) is 11.5 Å². The van der Waals surface area contributed by atoms with Gasteiger partial charge in [0.15, 0.2) is 0 Å². The third-order valence-corrected chi connectivity index (χ3v) is 3.95. The Balaban J connectivity index is 1.71. The SMILES string of the molecule is Cc1cc(Br)cnc1Nc1ccc([C@H]2CNCCO2)cc1. The van der Waals surface area contributed by atoms with Crippen molar-refractivity contribution >= 4 is 27.4 Å². The maximum Gasteiger partial charge on any atom is 0.133 e. The average molecular weight is 348 g/mol. The number of nitrogens with one attached hydrogen (secondary N) is 2. The molecule has 110 valence electrons. The van der Waals surface area contributed by atoms with E-state index in [4.69, 9.17) is 4.74 Å². The van der Waals surface area contributed by atoms with Crippen LogP contribution in [0.2, 0.25) is 0 Å². The standard InChI is InChI=1S/C16H18BrN3O/c1-11-8-13(17)9-19-16(11)20-14-4-2-12(3-5-14)15-10-18-6-7-21-15/h2-5,8-9,15,18H,6-7,10H2,1H3,(H,19,20)/t15-/m1/s1. The molecule has 4 nitrogen and oxygen atoms in total. The minimum Gasteiger partial charge on any atom is -0.371 e. The number of ether oxygens (including phenoxy) is 1. The highest BCUT2D eigenvalue weighted by Gasteiger charge is 2.15. The van der Waals surface area contributed by atoms with Gasteiger partial charge >= 0.3 is 0 Å². The molecule has 0 saturated carbocycles. The number of hydrogen-bond acceptors (Lipinski definition) is 4. The van der Waals surface area contributed by atoms with Gasteiger partial charge < -0.3 is 15.4 Å². The van der Waals surface area contributed by atoms with Gasteiger partial charge in [0.1, 0.15) is 5.82 Å². The normalized spacial score (nSPS) is 18.5. The van der Waals surface area contributed by atoms with Gasteiger partial charge in [0.25, 0.3) is 0 Å². The van der Waals surface area contributed by atoms with E-state index in [0.717, 1.165) is 41.2 Å². The van der Waals surface area contributed by atoms with Crippen molar-refractivity contribution in [1.82, 2.24) is 10.3 Å². The third-order valence-electron chi connectivity index (χ3n) is 3.52. The molecule has 1 fully saturated rings. The van der Waals surface area contributed by atoms with Crippen molar-refractivity contribution in [3.63, 3.8) is 0 Å². The number of aromatic nitrogens is 1. The van der Waals surface area contributed by atoms with Gasteiger partial charge in [0.2, 0.25) is 0 Å². The van der Waals surface area contributed by atoms with E-state index in [1.165, 1.54) is 5.56 Å². The zero-order chi connectivity index (χ0) is 14.7. The summed E-state index contributed by atoms with van der Waals surface area (Å²) in [7, 11) is 0. The van der Waals surface area contributed by atoms with Crippen molar-refractivity contribution in [1.29, 1.82) is 0 Å². The first-order chi connectivity index (χ1) is 10.2. The van der Waals surface area contributed by atoms with Crippen LogP contribution in [0.3, 0.4) is 0 Å². The first-order valence-electron chi connectivity index (χ1n) is 7.04. The summed E-state index contributed by atoms with van der Waals surface area (Å²) >= 11 is 3.43. The molecule has 2 heterocycles.